The van der Waals surface area contributed by atoms with E-state index >= 15 is 0 Å². The molecule has 1 fully saturated rings. The zero-order valence-electron chi connectivity index (χ0n) is 15.4. The molecule has 1 amide bonds. The summed E-state index contributed by atoms with van der Waals surface area (Å²) in [5.74, 6) is -0.352. The predicted octanol–water partition coefficient (Wildman–Crippen LogP) is 3.58. The molecule has 0 bridgehead atoms. The van der Waals surface area contributed by atoms with Gasteiger partial charge in [-0.1, -0.05) is 6.07 Å². The van der Waals surface area contributed by atoms with Crippen LogP contribution < -0.4 is 5.73 Å². The minimum atomic E-state index is -0.308. The Hall–Kier alpha value is -1.25. The summed E-state index contributed by atoms with van der Waals surface area (Å²) in [6.07, 6.45) is 2.67. The predicted molar refractivity (Wildman–Crippen MR) is 108 cm³/mol. The van der Waals surface area contributed by atoms with Gasteiger partial charge in [-0.2, -0.15) is 0 Å². The number of fused-ring (bicyclic) bond motifs is 1. The fraction of sp³-hybridized carbons (Fsp3) is 0.526. The molecule has 0 aliphatic carbocycles. The number of benzene rings is 1. The Morgan fingerprint density at radius 1 is 1.37 bits per heavy atom. The van der Waals surface area contributed by atoms with Gasteiger partial charge in [0.25, 0.3) is 5.91 Å². The average Bonchev–Trinajstić information content (AvgIpc) is 3.02. The van der Waals surface area contributed by atoms with Crippen LogP contribution in [-0.2, 0) is 16.1 Å². The van der Waals surface area contributed by atoms with Crippen molar-refractivity contribution < 1.29 is 18.7 Å². The van der Waals surface area contributed by atoms with Crippen molar-refractivity contribution in [1.82, 2.24) is 4.90 Å². The number of piperidine rings is 1. The topological polar surface area (TPSA) is 64.8 Å². The molecule has 150 valence electrons. The Morgan fingerprint density at radius 3 is 2.78 bits per heavy atom. The molecule has 2 N–H and O–H groups in total. The minimum absolute atomic E-state index is 0. The van der Waals surface area contributed by atoms with Crippen molar-refractivity contribution in [3.05, 3.63) is 34.5 Å². The van der Waals surface area contributed by atoms with E-state index < -0.39 is 0 Å². The van der Waals surface area contributed by atoms with E-state index in [9.17, 15) is 9.18 Å². The maximum Gasteiger partial charge on any atom is 0.264 e. The summed E-state index contributed by atoms with van der Waals surface area (Å²) in [6.45, 7) is 2.82. The van der Waals surface area contributed by atoms with E-state index in [-0.39, 0.29) is 36.8 Å². The van der Waals surface area contributed by atoms with Crippen LogP contribution in [0.4, 0.5) is 4.39 Å². The van der Waals surface area contributed by atoms with Crippen LogP contribution in [0.2, 0.25) is 0 Å². The van der Waals surface area contributed by atoms with Crippen LogP contribution in [0.3, 0.4) is 0 Å². The Balaban J connectivity index is 0.00000261. The zero-order chi connectivity index (χ0) is 18.5. The van der Waals surface area contributed by atoms with E-state index in [4.69, 9.17) is 15.2 Å². The molecule has 0 spiro atoms. The van der Waals surface area contributed by atoms with Crippen molar-refractivity contribution in [1.29, 1.82) is 0 Å². The Bertz CT molecular complexity index is 763. The zero-order valence-corrected chi connectivity index (χ0v) is 17.0. The molecule has 8 heteroatoms. The third-order valence-electron chi connectivity index (χ3n) is 4.68. The molecule has 0 saturated carbocycles. The van der Waals surface area contributed by atoms with Crippen molar-refractivity contribution in [3.63, 3.8) is 0 Å². The summed E-state index contributed by atoms with van der Waals surface area (Å²) in [5.41, 5.74) is 6.13. The summed E-state index contributed by atoms with van der Waals surface area (Å²) in [5, 5.41) is 0.503. The van der Waals surface area contributed by atoms with Gasteiger partial charge < -0.3 is 20.1 Å². The summed E-state index contributed by atoms with van der Waals surface area (Å²) in [7, 11) is 1.56. The van der Waals surface area contributed by atoms with Gasteiger partial charge in [-0.3, -0.25) is 4.79 Å². The third-order valence-corrected chi connectivity index (χ3v) is 5.86. The molecule has 0 radical (unpaired) electrons. The van der Waals surface area contributed by atoms with Gasteiger partial charge in [-0.25, -0.2) is 4.39 Å². The molecule has 2 heterocycles. The second-order valence-electron chi connectivity index (χ2n) is 6.46. The lowest BCUT2D eigenvalue weighted by Gasteiger charge is -2.32. The lowest BCUT2D eigenvalue weighted by molar-refractivity contribution is 0.00850. The van der Waals surface area contributed by atoms with Gasteiger partial charge in [0.15, 0.2) is 0 Å². The van der Waals surface area contributed by atoms with E-state index in [1.807, 2.05) is 11.0 Å². The second-order valence-corrected chi connectivity index (χ2v) is 7.51. The Labute approximate surface area is 169 Å². The molecular weight excluding hydrogens is 391 g/mol. The van der Waals surface area contributed by atoms with Gasteiger partial charge in [-0.05, 0) is 37.9 Å². The van der Waals surface area contributed by atoms with Gasteiger partial charge in [-0.15, -0.1) is 23.7 Å². The minimum Gasteiger partial charge on any atom is -0.380 e. The van der Waals surface area contributed by atoms with Crippen molar-refractivity contribution in [3.8, 4) is 0 Å². The van der Waals surface area contributed by atoms with Crippen LogP contribution in [0.1, 0.15) is 34.5 Å². The highest BCUT2D eigenvalue weighted by Crippen LogP contribution is 2.35. The van der Waals surface area contributed by atoms with E-state index in [0.717, 1.165) is 24.0 Å². The molecule has 1 aliphatic rings. The number of carbonyl (C=O) groups excluding carboxylic acids is 1. The van der Waals surface area contributed by atoms with E-state index in [1.54, 1.807) is 13.2 Å². The number of carbonyl (C=O) groups is 1. The highest BCUT2D eigenvalue weighted by molar-refractivity contribution is 7.21. The van der Waals surface area contributed by atoms with Crippen molar-refractivity contribution >= 4 is 39.7 Å². The van der Waals surface area contributed by atoms with Crippen molar-refractivity contribution in [2.45, 2.75) is 32.0 Å². The molecule has 2 aromatic rings. The van der Waals surface area contributed by atoms with Crippen molar-refractivity contribution in [2.24, 2.45) is 5.73 Å². The molecule has 1 aromatic heterocycles. The van der Waals surface area contributed by atoms with Crippen LogP contribution in [0.25, 0.3) is 10.1 Å². The lowest BCUT2D eigenvalue weighted by Crippen LogP contribution is -2.41. The number of hydrogen-bond acceptors (Lipinski definition) is 5. The first-order chi connectivity index (χ1) is 12.7. The maximum atomic E-state index is 14.3. The number of hydrogen-bond donors (Lipinski definition) is 1. The fourth-order valence-electron chi connectivity index (χ4n) is 3.32. The number of rotatable bonds is 7. The SMILES string of the molecule is COCc1c(C(=O)N2CCC(OCCCN)CC2)sc2cccc(F)c12.Cl. The van der Waals surface area contributed by atoms with Crippen LogP contribution in [0.15, 0.2) is 18.2 Å². The standard InChI is InChI=1S/C19H25FN2O3S.ClH/c1-24-12-14-17-15(20)4-2-5-16(17)26-18(14)19(23)22-9-6-13(7-10-22)25-11-3-8-21;/h2,4-5,13H,3,6-12,21H2,1H3;1H. The van der Waals surface area contributed by atoms with Crippen LogP contribution >= 0.6 is 23.7 Å². The summed E-state index contributed by atoms with van der Waals surface area (Å²) in [6, 6.07) is 4.94. The van der Waals surface area contributed by atoms with Gasteiger partial charge in [0.05, 0.1) is 17.6 Å². The highest BCUT2D eigenvalue weighted by atomic mass is 35.5. The molecule has 27 heavy (non-hydrogen) atoms. The summed E-state index contributed by atoms with van der Waals surface area (Å²) >= 11 is 1.34. The van der Waals surface area contributed by atoms with Crippen LogP contribution in [0.5, 0.6) is 0 Å². The molecule has 5 nitrogen and oxygen atoms in total. The average molecular weight is 417 g/mol. The number of amides is 1. The first-order valence-electron chi connectivity index (χ1n) is 8.95. The quantitative estimate of drug-likeness (QED) is 0.700. The number of likely N-dealkylation sites (tertiary alicyclic amines) is 1. The third kappa shape index (κ3) is 4.97. The molecule has 1 saturated heterocycles. The second kappa shape index (κ2) is 10.3. The normalized spacial score (nSPS) is 15.1. The van der Waals surface area contributed by atoms with Gasteiger partial charge in [0, 0.05) is 42.5 Å². The highest BCUT2D eigenvalue weighted by Gasteiger charge is 2.28. The van der Waals surface area contributed by atoms with E-state index in [1.165, 1.54) is 17.4 Å². The number of thiophene rings is 1. The molecule has 1 aliphatic heterocycles. The smallest absolute Gasteiger partial charge is 0.264 e. The molecular formula is C19H26ClFN2O3S. The molecule has 0 unspecified atom stereocenters. The van der Waals surface area contributed by atoms with Crippen molar-refractivity contribution in [2.75, 3.05) is 33.4 Å². The number of halogens is 2. The molecule has 0 atom stereocenters. The Kier molecular flexibility index (Phi) is 8.44. The van der Waals surface area contributed by atoms with E-state index in [2.05, 4.69) is 0 Å². The maximum absolute atomic E-state index is 14.3. The number of methoxy groups -OCH3 is 1. The van der Waals surface area contributed by atoms with Gasteiger partial charge >= 0.3 is 0 Å². The lowest BCUT2D eigenvalue weighted by atomic mass is 10.1. The molecule has 3 rings (SSSR count). The summed E-state index contributed by atoms with van der Waals surface area (Å²) < 4.78 is 26.1. The Morgan fingerprint density at radius 2 is 2.11 bits per heavy atom. The number of nitrogens with zero attached hydrogens (tertiary/aromatic N) is 1. The first-order valence-corrected chi connectivity index (χ1v) is 9.77. The number of ether oxygens (including phenoxy) is 2. The van der Waals surface area contributed by atoms with Crippen LogP contribution in [0, 0.1) is 5.82 Å². The first kappa shape index (κ1) is 22.0. The summed E-state index contributed by atoms with van der Waals surface area (Å²) in [4.78, 5) is 15.5. The number of nitrogens with two attached hydrogens (primary N) is 1. The van der Waals surface area contributed by atoms with E-state index in [0.29, 0.717) is 42.1 Å². The molecule has 1 aromatic carbocycles. The fourth-order valence-corrected chi connectivity index (χ4v) is 4.51. The largest absolute Gasteiger partial charge is 0.380 e. The van der Waals surface area contributed by atoms with Crippen LogP contribution in [-0.4, -0.2) is 50.3 Å². The van der Waals surface area contributed by atoms with Gasteiger partial charge in [0.1, 0.15) is 5.82 Å². The monoisotopic (exact) mass is 416 g/mol. The van der Waals surface area contributed by atoms with Gasteiger partial charge in [0.2, 0.25) is 0 Å².